The fourth-order valence-electron chi connectivity index (χ4n) is 12.3. The summed E-state index contributed by atoms with van der Waals surface area (Å²) in [6, 6.07) is 48.2. The van der Waals surface area contributed by atoms with Gasteiger partial charge in [0.15, 0.2) is 7.28 Å². The fourth-order valence-corrected chi connectivity index (χ4v) is 13.5. The summed E-state index contributed by atoms with van der Waals surface area (Å²) >= 11 is 1.95. The molecule has 2 aliphatic heterocycles. The molecule has 0 spiro atoms. The zero-order valence-electron chi connectivity index (χ0n) is 40.1. The van der Waals surface area contributed by atoms with Gasteiger partial charge in [0.1, 0.15) is 23.5 Å². The van der Waals surface area contributed by atoms with E-state index in [-0.39, 0.29) is 16.2 Å². The maximum atomic E-state index is 6.61. The normalized spacial score (nSPS) is 15.6. The zero-order chi connectivity index (χ0) is 46.2. The highest BCUT2D eigenvalue weighted by molar-refractivity contribution is 7.25. The van der Waals surface area contributed by atoms with Crippen LogP contribution in [0.25, 0.3) is 91.9 Å². The van der Waals surface area contributed by atoms with Crippen molar-refractivity contribution in [3.05, 3.63) is 155 Å². The Morgan fingerprint density at radius 2 is 1.38 bits per heavy atom. The van der Waals surface area contributed by atoms with Crippen LogP contribution in [0.5, 0.6) is 5.75 Å². The Bertz CT molecular complexity index is 4020. The lowest BCUT2D eigenvalue weighted by molar-refractivity contribution is 0.302. The number of furan rings is 1. The number of ether oxygens (including phenoxy) is 1. The molecule has 6 heteroatoms. The zero-order valence-corrected chi connectivity index (χ0v) is 40.9. The summed E-state index contributed by atoms with van der Waals surface area (Å²) in [4.78, 5) is 0. The highest BCUT2D eigenvalue weighted by Gasteiger charge is 2.38. The first-order chi connectivity index (χ1) is 32.7. The first-order valence-corrected chi connectivity index (χ1v) is 25.2. The minimum Gasteiger partial charge on any atom is -0.488 e. The number of nitrogens with zero attached hydrogens (tertiary/aromatic N) is 1. The quantitative estimate of drug-likeness (QED) is 0.180. The van der Waals surface area contributed by atoms with Gasteiger partial charge in [-0.3, -0.25) is 0 Å². The number of hydrogen-bond acceptors (Lipinski definition) is 4. The Hall–Kier alpha value is -6.76. The van der Waals surface area contributed by atoms with Crippen LogP contribution in [0.4, 0.5) is 11.4 Å². The van der Waals surface area contributed by atoms with Crippen molar-refractivity contribution in [2.75, 3.05) is 5.32 Å². The van der Waals surface area contributed by atoms with E-state index in [1.807, 2.05) is 11.3 Å². The molecule has 68 heavy (non-hydrogen) atoms. The Kier molecular flexibility index (Phi) is 8.12. The van der Waals surface area contributed by atoms with Gasteiger partial charge in [0, 0.05) is 81.5 Å². The van der Waals surface area contributed by atoms with Crippen molar-refractivity contribution >= 4 is 105 Å². The van der Waals surface area contributed by atoms with E-state index in [2.05, 4.69) is 193 Å². The van der Waals surface area contributed by atoms with Crippen LogP contribution < -0.4 is 21.0 Å². The van der Waals surface area contributed by atoms with Crippen molar-refractivity contribution in [2.45, 2.75) is 91.1 Å². The first kappa shape index (κ1) is 40.3. The van der Waals surface area contributed by atoms with Crippen molar-refractivity contribution < 1.29 is 9.15 Å². The average molecular weight is 901 g/mol. The molecule has 0 saturated carbocycles. The van der Waals surface area contributed by atoms with Gasteiger partial charge in [-0.1, -0.05) is 115 Å². The van der Waals surface area contributed by atoms with Gasteiger partial charge in [-0.15, -0.1) is 11.3 Å². The molecule has 0 bridgehead atoms. The largest absolute Gasteiger partial charge is 0.488 e. The summed E-state index contributed by atoms with van der Waals surface area (Å²) in [6.45, 7) is 19.5. The van der Waals surface area contributed by atoms with Crippen LogP contribution in [0.2, 0.25) is 0 Å². The van der Waals surface area contributed by atoms with E-state index in [1.165, 1.54) is 116 Å². The summed E-state index contributed by atoms with van der Waals surface area (Å²) in [5.74, 6) is 0.935. The van der Waals surface area contributed by atoms with E-state index in [0.29, 0.717) is 6.61 Å². The number of thiophene rings is 1. The molecular weight excluding hydrogens is 848 g/mol. The molecule has 11 aromatic rings. The molecular formula is C62H53BN2O2S. The molecule has 14 rings (SSSR count). The van der Waals surface area contributed by atoms with Gasteiger partial charge in [0.05, 0.1) is 5.52 Å². The molecule has 1 aliphatic carbocycles. The lowest BCUT2D eigenvalue weighted by Crippen LogP contribution is -2.37. The van der Waals surface area contributed by atoms with Crippen molar-refractivity contribution in [1.82, 2.24) is 4.57 Å². The van der Waals surface area contributed by atoms with E-state index >= 15 is 0 Å². The second kappa shape index (κ2) is 13.7. The van der Waals surface area contributed by atoms with E-state index in [9.17, 15) is 0 Å². The smallest absolute Gasteiger partial charge is 0.198 e. The molecule has 3 aromatic heterocycles. The van der Waals surface area contributed by atoms with Crippen molar-refractivity contribution in [2.24, 2.45) is 0 Å². The maximum absolute atomic E-state index is 6.61. The number of aryl methyl sites for hydroxylation is 1. The van der Waals surface area contributed by atoms with Crippen LogP contribution in [0.15, 0.2) is 132 Å². The van der Waals surface area contributed by atoms with Gasteiger partial charge < -0.3 is 19.0 Å². The van der Waals surface area contributed by atoms with Crippen molar-refractivity contribution in [3.63, 3.8) is 0 Å². The van der Waals surface area contributed by atoms with Gasteiger partial charge in [0.25, 0.3) is 0 Å². The number of anilines is 2. The lowest BCUT2D eigenvalue weighted by Gasteiger charge is -2.41. The second-order valence-corrected chi connectivity index (χ2v) is 23.5. The van der Waals surface area contributed by atoms with Crippen LogP contribution in [0.3, 0.4) is 0 Å². The maximum Gasteiger partial charge on any atom is 0.198 e. The molecule has 0 atom stereocenters. The third kappa shape index (κ3) is 5.73. The molecule has 0 fully saturated rings. The first-order valence-electron chi connectivity index (χ1n) is 24.4. The highest BCUT2D eigenvalue weighted by Crippen LogP contribution is 2.51. The number of aromatic nitrogens is 1. The van der Waals surface area contributed by atoms with Gasteiger partial charge in [-0.2, -0.15) is 0 Å². The summed E-state index contributed by atoms with van der Waals surface area (Å²) in [7, 11) is 0.769. The molecule has 0 amide bonds. The number of rotatable bonds is 3. The number of nitrogens with one attached hydrogen (secondary N) is 1. The second-order valence-electron chi connectivity index (χ2n) is 22.5. The standard InChI is InChI=1S/C62H53BN2O2S/c1-33-23-44(39-28-55-43(26-49(39)64-36-19-17-35(18-20-36)60(2,3)4)42-25-46-47(29-56(42)68-55)62(7,8)22-21-61(46,5)6)58-59-57(33)45-24-40-37-14-10-9-13-34(37)32-66-53(40)31-50(45)65(59)51-27-41-38-15-11-12-16-52(38)67-54(41)30-48(51)63-58/h9-20,23-31,63-64H,21-22,32H2,1-8H3. The van der Waals surface area contributed by atoms with Crippen LogP contribution in [0, 0.1) is 6.92 Å². The molecule has 0 saturated heterocycles. The fraction of sp³-hybridized carbons (Fsp3) is 0.226. The molecule has 332 valence electrons. The lowest BCUT2D eigenvalue weighted by atomic mass is 9.58. The minimum atomic E-state index is 0.0623. The average Bonchev–Trinajstić information content (AvgIpc) is 3.98. The van der Waals surface area contributed by atoms with E-state index in [0.717, 1.165) is 51.9 Å². The van der Waals surface area contributed by atoms with Gasteiger partial charge >= 0.3 is 0 Å². The Morgan fingerprint density at radius 1 is 0.647 bits per heavy atom. The SMILES string of the molecule is Cc1cc(-c2cc3sc4cc5c(cc4c3cc2Nc2ccc(C(C)(C)C)cc2)C(C)(C)CCC5(C)C)c2c3c1c1cc4c(cc1n3-c1cc3c(cc1B2)oc1ccccc13)OCc1ccccc1-4. The molecule has 0 unspecified atom stereocenters. The number of para-hydroxylation sites is 1. The number of fused-ring (bicyclic) bond motifs is 15. The van der Waals surface area contributed by atoms with Crippen LogP contribution in [-0.4, -0.2) is 11.8 Å². The summed E-state index contributed by atoms with van der Waals surface area (Å²) in [6.07, 6.45) is 2.39. The molecule has 1 N–H and O–H groups in total. The third-order valence-corrected chi connectivity index (χ3v) is 17.3. The van der Waals surface area contributed by atoms with Gasteiger partial charge in [-0.25, -0.2) is 0 Å². The Labute approximate surface area is 401 Å². The predicted octanol–water partition coefficient (Wildman–Crippen LogP) is 15.7. The third-order valence-electron chi connectivity index (χ3n) is 16.2. The van der Waals surface area contributed by atoms with Crippen LogP contribution in [-0.2, 0) is 22.9 Å². The van der Waals surface area contributed by atoms with Gasteiger partial charge in [0.2, 0.25) is 0 Å². The number of benzene rings is 8. The molecule has 4 nitrogen and oxygen atoms in total. The van der Waals surface area contributed by atoms with E-state index in [1.54, 1.807) is 0 Å². The highest BCUT2D eigenvalue weighted by atomic mass is 32.1. The van der Waals surface area contributed by atoms with Crippen molar-refractivity contribution in [1.29, 1.82) is 0 Å². The summed E-state index contributed by atoms with van der Waals surface area (Å²) < 4.78 is 18.5. The summed E-state index contributed by atoms with van der Waals surface area (Å²) in [5.41, 5.74) is 22.3. The summed E-state index contributed by atoms with van der Waals surface area (Å²) in [5, 5.41) is 11.5. The van der Waals surface area contributed by atoms with Crippen LogP contribution in [0.1, 0.15) is 89.1 Å². The Balaban J connectivity index is 1.06. The van der Waals surface area contributed by atoms with Gasteiger partial charge in [-0.05, 0) is 141 Å². The van der Waals surface area contributed by atoms with E-state index < -0.39 is 0 Å². The predicted molar refractivity (Wildman–Crippen MR) is 291 cm³/mol. The minimum absolute atomic E-state index is 0.0623. The Morgan fingerprint density at radius 3 is 2.19 bits per heavy atom. The number of hydrogen-bond donors (Lipinski definition) is 1. The molecule has 3 aliphatic rings. The molecule has 8 aromatic carbocycles. The van der Waals surface area contributed by atoms with Crippen LogP contribution >= 0.6 is 11.3 Å². The topological polar surface area (TPSA) is 39.3 Å². The molecule has 0 radical (unpaired) electrons. The van der Waals surface area contributed by atoms with E-state index in [4.69, 9.17) is 9.15 Å². The van der Waals surface area contributed by atoms with Crippen molar-refractivity contribution in [3.8, 4) is 33.7 Å². The molecule has 5 heterocycles. The monoisotopic (exact) mass is 900 g/mol.